The molecule has 5 heteroatoms. The number of hydrogen-bond acceptors (Lipinski definition) is 4. The van der Waals surface area contributed by atoms with Crippen LogP contribution in [0.3, 0.4) is 0 Å². The van der Waals surface area contributed by atoms with Crippen LogP contribution in [0.1, 0.15) is 6.92 Å². The predicted molar refractivity (Wildman–Crippen MR) is 70.8 cm³/mol. The highest BCUT2D eigenvalue weighted by atomic mass is 32.2. The largest absolute Gasteiger partial charge is 0.508 e. The summed E-state index contributed by atoms with van der Waals surface area (Å²) in [6.45, 7) is 3.96. The van der Waals surface area contributed by atoms with Gasteiger partial charge < -0.3 is 14.7 Å². The SMILES string of the molecule is CC1CN(C(=O)CSc2ccc(O)cc2)CCO1. The summed E-state index contributed by atoms with van der Waals surface area (Å²) in [6.07, 6.45) is 0.126. The van der Waals surface area contributed by atoms with Crippen LogP contribution in [0.25, 0.3) is 0 Å². The molecule has 1 aliphatic heterocycles. The summed E-state index contributed by atoms with van der Waals surface area (Å²) in [7, 11) is 0. The van der Waals surface area contributed by atoms with E-state index in [1.807, 2.05) is 24.0 Å². The lowest BCUT2D eigenvalue weighted by molar-refractivity contribution is -0.135. The molecule has 1 unspecified atom stereocenters. The molecule has 2 rings (SSSR count). The second-order valence-electron chi connectivity index (χ2n) is 4.30. The lowest BCUT2D eigenvalue weighted by Crippen LogP contribution is -2.45. The summed E-state index contributed by atoms with van der Waals surface area (Å²) in [5.74, 6) is 0.813. The van der Waals surface area contributed by atoms with Gasteiger partial charge in [-0.3, -0.25) is 4.79 Å². The Balaban J connectivity index is 1.82. The number of amides is 1. The van der Waals surface area contributed by atoms with Crippen molar-refractivity contribution in [1.82, 2.24) is 4.90 Å². The fraction of sp³-hybridized carbons (Fsp3) is 0.462. The van der Waals surface area contributed by atoms with Gasteiger partial charge in [0, 0.05) is 18.0 Å². The van der Waals surface area contributed by atoms with Crippen molar-refractivity contribution in [3.63, 3.8) is 0 Å². The van der Waals surface area contributed by atoms with Gasteiger partial charge in [-0.2, -0.15) is 0 Å². The van der Waals surface area contributed by atoms with E-state index < -0.39 is 0 Å². The second-order valence-corrected chi connectivity index (χ2v) is 5.35. The van der Waals surface area contributed by atoms with Crippen LogP contribution in [-0.2, 0) is 9.53 Å². The van der Waals surface area contributed by atoms with Crippen molar-refractivity contribution in [2.75, 3.05) is 25.4 Å². The molecule has 0 radical (unpaired) electrons. The Kier molecular flexibility index (Phi) is 4.49. The molecule has 18 heavy (non-hydrogen) atoms. The van der Waals surface area contributed by atoms with E-state index in [4.69, 9.17) is 9.84 Å². The Hall–Kier alpha value is -1.20. The lowest BCUT2D eigenvalue weighted by Gasteiger charge is -2.31. The van der Waals surface area contributed by atoms with Gasteiger partial charge in [0.1, 0.15) is 5.75 Å². The smallest absolute Gasteiger partial charge is 0.233 e. The van der Waals surface area contributed by atoms with E-state index in [2.05, 4.69) is 0 Å². The maximum Gasteiger partial charge on any atom is 0.233 e. The third-order valence-electron chi connectivity index (χ3n) is 2.79. The maximum atomic E-state index is 12.0. The number of aromatic hydroxyl groups is 1. The average Bonchev–Trinajstić information content (AvgIpc) is 2.38. The molecule has 98 valence electrons. The van der Waals surface area contributed by atoms with Crippen LogP contribution in [0.5, 0.6) is 5.75 Å². The van der Waals surface area contributed by atoms with E-state index in [-0.39, 0.29) is 17.8 Å². The van der Waals surface area contributed by atoms with E-state index in [1.54, 1.807) is 12.1 Å². The topological polar surface area (TPSA) is 49.8 Å². The molecular formula is C13H17NO3S. The summed E-state index contributed by atoms with van der Waals surface area (Å²) in [5.41, 5.74) is 0. The molecule has 0 aromatic heterocycles. The number of carbonyl (C=O) groups is 1. The summed E-state index contributed by atoms with van der Waals surface area (Å²) < 4.78 is 5.41. The fourth-order valence-electron chi connectivity index (χ4n) is 1.82. The number of ether oxygens (including phenoxy) is 1. The molecule has 0 bridgehead atoms. The molecule has 0 aliphatic carbocycles. The number of rotatable bonds is 3. The Morgan fingerprint density at radius 1 is 1.50 bits per heavy atom. The van der Waals surface area contributed by atoms with Gasteiger partial charge in [-0.05, 0) is 31.2 Å². The first-order chi connectivity index (χ1) is 8.65. The zero-order valence-electron chi connectivity index (χ0n) is 10.3. The maximum absolute atomic E-state index is 12.0. The molecule has 1 N–H and O–H groups in total. The van der Waals surface area contributed by atoms with Gasteiger partial charge in [0.05, 0.1) is 18.5 Å². The summed E-state index contributed by atoms with van der Waals surface area (Å²) >= 11 is 1.49. The molecule has 0 spiro atoms. The van der Waals surface area contributed by atoms with E-state index in [0.29, 0.717) is 25.4 Å². The summed E-state index contributed by atoms with van der Waals surface area (Å²) in [5, 5.41) is 9.17. The first-order valence-corrected chi connectivity index (χ1v) is 6.95. The fourth-order valence-corrected chi connectivity index (χ4v) is 2.62. The molecule has 1 aromatic carbocycles. The van der Waals surface area contributed by atoms with Crippen LogP contribution in [0.2, 0.25) is 0 Å². The normalized spacial score (nSPS) is 19.8. The van der Waals surface area contributed by atoms with Crippen molar-refractivity contribution >= 4 is 17.7 Å². The number of benzene rings is 1. The van der Waals surface area contributed by atoms with Gasteiger partial charge in [-0.15, -0.1) is 11.8 Å². The van der Waals surface area contributed by atoms with Crippen molar-refractivity contribution in [2.24, 2.45) is 0 Å². The quantitative estimate of drug-likeness (QED) is 0.847. The minimum absolute atomic E-state index is 0.126. The second kappa shape index (κ2) is 6.11. The van der Waals surface area contributed by atoms with Crippen LogP contribution in [0.4, 0.5) is 0 Å². The molecule has 1 amide bonds. The number of phenols is 1. The molecule has 0 saturated carbocycles. The first kappa shape index (κ1) is 13.2. The van der Waals surface area contributed by atoms with Gasteiger partial charge in [-0.25, -0.2) is 0 Å². The zero-order valence-corrected chi connectivity index (χ0v) is 11.2. The minimum Gasteiger partial charge on any atom is -0.508 e. The highest BCUT2D eigenvalue weighted by Crippen LogP contribution is 2.21. The Morgan fingerprint density at radius 2 is 2.22 bits per heavy atom. The van der Waals surface area contributed by atoms with Crippen molar-refractivity contribution in [2.45, 2.75) is 17.9 Å². The van der Waals surface area contributed by atoms with Crippen molar-refractivity contribution in [3.8, 4) is 5.75 Å². The van der Waals surface area contributed by atoms with Crippen molar-refractivity contribution in [3.05, 3.63) is 24.3 Å². The first-order valence-electron chi connectivity index (χ1n) is 5.96. The lowest BCUT2D eigenvalue weighted by atomic mass is 10.3. The van der Waals surface area contributed by atoms with E-state index >= 15 is 0 Å². The van der Waals surface area contributed by atoms with E-state index in [0.717, 1.165) is 4.90 Å². The van der Waals surface area contributed by atoms with Crippen LogP contribution in [0, 0.1) is 0 Å². The van der Waals surface area contributed by atoms with Gasteiger partial charge in [0.15, 0.2) is 0 Å². The number of phenolic OH excluding ortho intramolecular Hbond substituents is 1. The molecule has 1 fully saturated rings. The van der Waals surface area contributed by atoms with Crippen molar-refractivity contribution < 1.29 is 14.6 Å². The standard InChI is InChI=1S/C13H17NO3S/c1-10-8-14(6-7-17-10)13(16)9-18-12-4-2-11(15)3-5-12/h2-5,10,15H,6-9H2,1H3. The molecule has 4 nitrogen and oxygen atoms in total. The molecule has 1 aliphatic rings. The summed E-state index contributed by atoms with van der Waals surface area (Å²) in [6, 6.07) is 6.89. The monoisotopic (exact) mass is 267 g/mol. The third-order valence-corrected chi connectivity index (χ3v) is 3.79. The molecule has 1 aromatic rings. The Morgan fingerprint density at radius 3 is 2.89 bits per heavy atom. The van der Waals surface area contributed by atoms with Crippen LogP contribution >= 0.6 is 11.8 Å². The van der Waals surface area contributed by atoms with Crippen LogP contribution in [0.15, 0.2) is 29.2 Å². The molecule has 1 saturated heterocycles. The molecule has 1 atom stereocenters. The van der Waals surface area contributed by atoms with Crippen LogP contribution in [-0.4, -0.2) is 47.5 Å². The highest BCUT2D eigenvalue weighted by molar-refractivity contribution is 8.00. The van der Waals surface area contributed by atoms with Gasteiger partial charge in [0.2, 0.25) is 5.91 Å². The highest BCUT2D eigenvalue weighted by Gasteiger charge is 2.21. The zero-order chi connectivity index (χ0) is 13.0. The number of thioether (sulfide) groups is 1. The van der Waals surface area contributed by atoms with Crippen LogP contribution < -0.4 is 0 Å². The Bertz CT molecular complexity index is 407. The van der Waals surface area contributed by atoms with Crippen molar-refractivity contribution in [1.29, 1.82) is 0 Å². The number of nitrogens with zero attached hydrogens (tertiary/aromatic N) is 1. The molecule has 1 heterocycles. The Labute approximate surface area is 111 Å². The number of hydrogen-bond donors (Lipinski definition) is 1. The molecular weight excluding hydrogens is 250 g/mol. The number of morpholine rings is 1. The van der Waals surface area contributed by atoms with E-state index in [1.165, 1.54) is 11.8 Å². The minimum atomic E-state index is 0.126. The summed E-state index contributed by atoms with van der Waals surface area (Å²) in [4.78, 5) is 14.8. The van der Waals surface area contributed by atoms with Gasteiger partial charge >= 0.3 is 0 Å². The predicted octanol–water partition coefficient (Wildman–Crippen LogP) is 1.73. The third kappa shape index (κ3) is 3.65. The van der Waals surface area contributed by atoms with E-state index in [9.17, 15) is 4.79 Å². The van der Waals surface area contributed by atoms with Gasteiger partial charge in [0.25, 0.3) is 0 Å². The van der Waals surface area contributed by atoms with Gasteiger partial charge in [-0.1, -0.05) is 0 Å². The number of carbonyl (C=O) groups excluding carboxylic acids is 1. The average molecular weight is 267 g/mol.